The van der Waals surface area contributed by atoms with E-state index in [1.54, 1.807) is 86.0 Å². The van der Waals surface area contributed by atoms with Gasteiger partial charge in [0.1, 0.15) is 23.8 Å². The molecule has 20 nitrogen and oxygen atoms in total. The fraction of sp³-hybridized carbons (Fsp3) is 0.283. The van der Waals surface area contributed by atoms with Crippen molar-refractivity contribution in [1.29, 1.82) is 0 Å². The number of hydrogen-bond acceptors (Lipinski definition) is 19. The second kappa shape index (κ2) is 41.8. The Morgan fingerprint density at radius 3 is 1.26 bits per heavy atom. The summed E-state index contributed by atoms with van der Waals surface area (Å²) in [5, 5.41) is 30.0. The van der Waals surface area contributed by atoms with Crippen molar-refractivity contribution in [3.05, 3.63) is 226 Å². The first-order valence-corrected chi connectivity index (χ1v) is 31.0. The first kappa shape index (κ1) is 72.3. The minimum absolute atomic E-state index is 0.0542. The Kier molecular flexibility index (Phi) is 35.1. The van der Waals surface area contributed by atoms with Crippen molar-refractivity contribution in [2.75, 3.05) is 39.0 Å². The number of hydrogen-bond donors (Lipinski definition) is 5. The number of anilines is 1. The predicted octanol–water partition coefficient (Wildman–Crippen LogP) is 10.7. The number of carbonyl (C=O) groups excluding carboxylic acids is 2. The van der Waals surface area contributed by atoms with Gasteiger partial charge in [-0.2, -0.15) is 0 Å². The summed E-state index contributed by atoms with van der Waals surface area (Å²) in [4.78, 5) is 67.5. The molecule has 86 heavy (non-hydrogen) atoms. The van der Waals surface area contributed by atoms with E-state index in [1.165, 1.54) is 18.2 Å². The molecule has 455 valence electrons. The molecule has 6 N–H and O–H groups in total. The molecular weight excluding hydrogens is 1430 g/mol. The first-order valence-electron chi connectivity index (χ1n) is 26.4. The number of halogens is 5. The molecular formula is C60H64Br4ClMnN11O9. The number of methoxy groups -OCH3 is 1. The van der Waals surface area contributed by atoms with Crippen LogP contribution in [0.25, 0.3) is 0 Å². The van der Waals surface area contributed by atoms with E-state index in [9.17, 15) is 14.4 Å². The molecule has 4 aromatic heterocycles. The Morgan fingerprint density at radius 2 is 0.919 bits per heavy atom. The molecule has 2 aliphatic heterocycles. The molecule has 4 aromatic carbocycles. The Hall–Kier alpha value is -6.22. The van der Waals surface area contributed by atoms with Crippen LogP contribution in [0.5, 0.6) is 0 Å². The maximum atomic E-state index is 11.0. The van der Waals surface area contributed by atoms with Gasteiger partial charge in [-0.1, -0.05) is 84.9 Å². The quantitative estimate of drug-likeness (QED) is 0.0236. The van der Waals surface area contributed by atoms with Crippen LogP contribution < -0.4 is 11.1 Å². The fourth-order valence-corrected chi connectivity index (χ4v) is 8.73. The number of carboxylic acids is 1. The van der Waals surface area contributed by atoms with Gasteiger partial charge in [0.05, 0.1) is 50.1 Å². The summed E-state index contributed by atoms with van der Waals surface area (Å²) in [6.45, 7) is 4.63. The number of aliphatic hydroxyl groups is 2. The number of nitrogen functional groups attached to an aromatic ring is 1. The topological polar surface area (TPSA) is 300 Å². The molecule has 0 saturated carbocycles. The van der Waals surface area contributed by atoms with Crippen molar-refractivity contribution in [3.63, 3.8) is 0 Å². The zero-order chi connectivity index (χ0) is 62.5. The molecule has 0 unspecified atom stereocenters. The van der Waals surface area contributed by atoms with Crippen molar-refractivity contribution in [2.45, 2.75) is 64.7 Å². The summed E-state index contributed by atoms with van der Waals surface area (Å²) >= 11 is 17.0. The van der Waals surface area contributed by atoms with Gasteiger partial charge >= 0.3 is 34.4 Å². The number of piperidine rings is 2. The summed E-state index contributed by atoms with van der Waals surface area (Å²) in [5.41, 5.74) is 13.3. The van der Waals surface area contributed by atoms with E-state index < -0.39 is 20.8 Å². The van der Waals surface area contributed by atoms with Crippen molar-refractivity contribution in [1.82, 2.24) is 50.1 Å². The Bertz CT molecular complexity index is 3230. The molecule has 2 fully saturated rings. The first-order chi connectivity index (χ1) is 41.5. The molecule has 2 saturated heterocycles. The molecule has 0 radical (unpaired) electrons. The SMILES string of the molecule is COC(=O)C1CCNCC1.Clc1ncc(Br)cn1.Nc1ccc(CO)cc1.O=C(O)C1CCN(Cc2ccc(Cc3ncc(Br)cn3)cc2)CC1.O=Cc1ccc(Cc2ncc(Br)cn2)cc1.OCc1ccc(Cc2ncc(Br)cn2)cc1.[O]=[Mn]=[O]. The number of nitrogens with zero attached hydrogens (tertiary/aromatic N) is 9. The molecule has 8 aromatic rings. The third-order valence-corrected chi connectivity index (χ3v) is 14.3. The third-order valence-electron chi connectivity index (χ3n) is 12.4. The number of nitrogens with one attached hydrogen (secondary N) is 1. The maximum absolute atomic E-state index is 11.0. The van der Waals surface area contributed by atoms with Crippen LogP contribution in [-0.2, 0) is 75.8 Å². The number of aldehydes is 1. The van der Waals surface area contributed by atoms with Gasteiger partial charge in [0, 0.05) is 86.6 Å². The van der Waals surface area contributed by atoms with E-state index in [0.29, 0.717) is 18.4 Å². The van der Waals surface area contributed by atoms with Gasteiger partial charge in [0.15, 0.2) is 0 Å². The van der Waals surface area contributed by atoms with Crippen molar-refractivity contribution in [3.8, 4) is 0 Å². The van der Waals surface area contributed by atoms with E-state index in [4.69, 9.17) is 40.3 Å². The van der Waals surface area contributed by atoms with E-state index in [2.05, 4.69) is 143 Å². The molecule has 0 bridgehead atoms. The second-order valence-electron chi connectivity index (χ2n) is 18.7. The van der Waals surface area contributed by atoms with E-state index >= 15 is 0 Å². The van der Waals surface area contributed by atoms with E-state index in [-0.39, 0.29) is 36.3 Å². The number of carboxylic acid groups (broad SMARTS) is 1. The minimum atomic E-state index is -1.44. The number of rotatable bonds is 13. The number of likely N-dealkylation sites (tertiary alicyclic amines) is 1. The van der Waals surface area contributed by atoms with Gasteiger partial charge in [-0.25, -0.2) is 39.9 Å². The van der Waals surface area contributed by atoms with Gasteiger partial charge in [0.25, 0.3) is 0 Å². The predicted molar refractivity (Wildman–Crippen MR) is 334 cm³/mol. The molecule has 6 heterocycles. The molecule has 0 spiro atoms. The van der Waals surface area contributed by atoms with Crippen LogP contribution in [0.15, 0.2) is 165 Å². The van der Waals surface area contributed by atoms with Gasteiger partial charge in [-0.05, 0) is 173 Å². The van der Waals surface area contributed by atoms with Crippen LogP contribution in [-0.4, -0.2) is 112 Å². The Labute approximate surface area is 543 Å². The number of aromatic nitrogens is 8. The standard InChI is InChI=1S/C18H20BrN3O2.C12H11BrN2O.C12H9BrN2O.C7H13NO2.C7H9NO.C4H2BrClN2.Mn.2O/c19-16-10-20-17(21-11-16)9-13-1-3-14(4-2-13)12-22-7-5-15(6-8-22)18(23)24;2*13-11-6-14-12(15-7-11)5-9-1-3-10(8-16)4-2-9;1-10-7(9)6-2-4-8-5-3-6;8-7-3-1-6(5-9)2-4-7;5-3-1-7-4(6)8-2-3;;;/h1-4,10-11,15H,5-9,12H2,(H,23,24);1-4,6-7,16H,5,8H2;1-4,6-8H,5H2;6,8H,2-5H2,1H3;1-4,9H,5,8H2;1-2H;;;. The Balaban J connectivity index is 0.000000228. The normalized spacial score (nSPS) is 12.7. The number of esters is 1. The number of nitrogens with two attached hydrogens (primary N) is 1. The van der Waals surface area contributed by atoms with E-state index in [1.807, 2.05) is 36.4 Å². The number of aliphatic hydroxyl groups excluding tert-OH is 2. The number of ether oxygens (including phenoxy) is 1. The summed E-state index contributed by atoms with van der Waals surface area (Å²) in [6.07, 6.45) is 19.9. The molecule has 0 amide bonds. The van der Waals surface area contributed by atoms with E-state index in [0.717, 1.165) is 134 Å². The monoisotopic (exact) mass is 1490 g/mol. The fourth-order valence-electron chi connectivity index (χ4n) is 7.82. The van der Waals surface area contributed by atoms with Gasteiger partial charge < -0.3 is 31.1 Å². The van der Waals surface area contributed by atoms with Crippen LogP contribution in [0.1, 0.15) is 86.9 Å². The van der Waals surface area contributed by atoms with Crippen LogP contribution >= 0.6 is 75.3 Å². The average molecular weight is 1490 g/mol. The number of carbonyl (C=O) groups is 3. The zero-order valence-corrected chi connectivity index (χ0v) is 54.9. The molecule has 10 rings (SSSR count). The summed E-state index contributed by atoms with van der Waals surface area (Å²) in [5.74, 6) is 1.63. The molecule has 0 atom stereocenters. The van der Waals surface area contributed by atoms with Gasteiger partial charge in [-0.15, -0.1) is 0 Å². The molecule has 0 aliphatic carbocycles. The second-order valence-corrected chi connectivity index (χ2v) is 22.9. The van der Waals surface area contributed by atoms with Crippen LogP contribution in [0, 0.1) is 11.8 Å². The van der Waals surface area contributed by atoms with Crippen molar-refractivity contribution >= 4 is 99.2 Å². The van der Waals surface area contributed by atoms with Crippen molar-refractivity contribution in [2.24, 2.45) is 11.8 Å². The van der Waals surface area contributed by atoms with Crippen molar-refractivity contribution < 1.29 is 56.9 Å². The summed E-state index contributed by atoms with van der Waals surface area (Å²) in [7, 11) is 1.45. The van der Waals surface area contributed by atoms with Crippen LogP contribution in [0.2, 0.25) is 5.28 Å². The average Bonchev–Trinajstić information content (AvgIpc) is 3.59. The number of benzene rings is 4. The Morgan fingerprint density at radius 1 is 0.581 bits per heavy atom. The van der Waals surface area contributed by atoms with Crippen LogP contribution in [0.3, 0.4) is 0 Å². The third kappa shape index (κ3) is 29.9. The van der Waals surface area contributed by atoms with Gasteiger partial charge in [-0.3, -0.25) is 19.3 Å². The zero-order valence-electron chi connectivity index (χ0n) is 46.6. The molecule has 26 heteroatoms. The number of aliphatic carboxylic acids is 1. The van der Waals surface area contributed by atoms with Crippen LogP contribution in [0.4, 0.5) is 5.69 Å². The summed E-state index contributed by atoms with van der Waals surface area (Å²) in [6, 6.07) is 30.8. The van der Waals surface area contributed by atoms with Gasteiger partial charge in [0.2, 0.25) is 5.28 Å². The summed E-state index contributed by atoms with van der Waals surface area (Å²) < 4.78 is 24.9. The molecule has 2 aliphatic rings.